The first-order valence-corrected chi connectivity index (χ1v) is 2.67. The van der Waals surface area contributed by atoms with Crippen molar-refractivity contribution in [1.82, 2.24) is 5.32 Å². The second-order valence-electron chi connectivity index (χ2n) is 1.90. The van der Waals surface area contributed by atoms with Crippen LogP contribution in [-0.2, 0) is 4.79 Å². The summed E-state index contributed by atoms with van der Waals surface area (Å²) in [5.41, 5.74) is 0. The SMILES string of the molecule is CC(=O)NC(C)C(O)O. The number of amides is 1. The van der Waals surface area contributed by atoms with Crippen molar-refractivity contribution in [2.45, 2.75) is 26.2 Å². The zero-order chi connectivity index (χ0) is 7.44. The minimum atomic E-state index is -1.48. The average Bonchev–Trinajstić information content (AvgIpc) is 1.63. The molecular weight excluding hydrogens is 122 g/mol. The number of carbonyl (C=O) groups excluding carboxylic acids is 1. The number of nitrogens with one attached hydrogen (secondary N) is 1. The van der Waals surface area contributed by atoms with Gasteiger partial charge in [0.05, 0.1) is 6.04 Å². The normalized spacial score (nSPS) is 13.4. The lowest BCUT2D eigenvalue weighted by Gasteiger charge is -2.13. The quantitative estimate of drug-likeness (QED) is 0.415. The maximum absolute atomic E-state index is 10.2. The molecule has 0 radical (unpaired) electrons. The Kier molecular flexibility index (Phi) is 3.19. The molecule has 0 aromatic carbocycles. The summed E-state index contributed by atoms with van der Waals surface area (Å²) in [5, 5.41) is 19.1. The highest BCUT2D eigenvalue weighted by atomic mass is 16.5. The fourth-order valence-electron chi connectivity index (χ4n) is 0.395. The van der Waals surface area contributed by atoms with Crippen LogP contribution in [0.3, 0.4) is 0 Å². The number of aliphatic hydroxyl groups excluding tert-OH is 1. The molecule has 1 amide bonds. The highest BCUT2D eigenvalue weighted by Gasteiger charge is 2.09. The number of carbonyl (C=O) groups is 1. The fourth-order valence-corrected chi connectivity index (χ4v) is 0.395. The van der Waals surface area contributed by atoms with Gasteiger partial charge < -0.3 is 15.5 Å². The van der Waals surface area contributed by atoms with Crippen molar-refractivity contribution in [2.24, 2.45) is 0 Å². The van der Waals surface area contributed by atoms with E-state index >= 15 is 0 Å². The fraction of sp³-hybridized carbons (Fsp3) is 0.800. The molecule has 0 aliphatic heterocycles. The van der Waals surface area contributed by atoms with Crippen LogP contribution in [0.15, 0.2) is 0 Å². The van der Waals surface area contributed by atoms with Gasteiger partial charge in [0.1, 0.15) is 0 Å². The van der Waals surface area contributed by atoms with Crippen molar-refractivity contribution in [3.05, 3.63) is 0 Å². The molecular formula is C5H11NO3. The van der Waals surface area contributed by atoms with Crippen LogP contribution < -0.4 is 5.32 Å². The molecule has 0 spiro atoms. The van der Waals surface area contributed by atoms with E-state index in [1.807, 2.05) is 0 Å². The standard InChI is InChI=1S/C5H11NO3/c1-3(5(8)9)6-4(2)7/h3,5,8-9H,1-2H3,(H,6,7). The molecule has 4 nitrogen and oxygen atoms in total. The highest BCUT2D eigenvalue weighted by molar-refractivity contribution is 5.73. The van der Waals surface area contributed by atoms with Crippen LogP contribution in [0.1, 0.15) is 13.8 Å². The molecule has 1 unspecified atom stereocenters. The zero-order valence-electron chi connectivity index (χ0n) is 5.46. The second-order valence-corrected chi connectivity index (χ2v) is 1.90. The Labute approximate surface area is 53.5 Å². The molecule has 3 N–H and O–H groups in total. The lowest BCUT2D eigenvalue weighted by Crippen LogP contribution is -2.39. The molecule has 0 rings (SSSR count). The first-order chi connectivity index (χ1) is 4.04. The van der Waals surface area contributed by atoms with Gasteiger partial charge in [0.2, 0.25) is 5.91 Å². The third-order valence-corrected chi connectivity index (χ3v) is 0.878. The number of rotatable bonds is 2. The van der Waals surface area contributed by atoms with Gasteiger partial charge in [-0.25, -0.2) is 0 Å². The second kappa shape index (κ2) is 3.42. The number of hydrogen-bond acceptors (Lipinski definition) is 3. The van der Waals surface area contributed by atoms with E-state index in [2.05, 4.69) is 5.32 Å². The van der Waals surface area contributed by atoms with E-state index in [1.165, 1.54) is 13.8 Å². The molecule has 0 saturated carbocycles. The first kappa shape index (κ1) is 8.39. The maximum atomic E-state index is 10.2. The molecule has 1 atom stereocenters. The summed E-state index contributed by atoms with van der Waals surface area (Å²) in [7, 11) is 0. The van der Waals surface area contributed by atoms with E-state index in [0.717, 1.165) is 0 Å². The molecule has 0 aromatic heterocycles. The Morgan fingerprint density at radius 2 is 2.00 bits per heavy atom. The Hall–Kier alpha value is -0.610. The molecule has 0 aliphatic rings. The summed E-state index contributed by atoms with van der Waals surface area (Å²) in [4.78, 5) is 10.2. The molecule has 0 saturated heterocycles. The molecule has 54 valence electrons. The van der Waals surface area contributed by atoms with Crippen LogP contribution in [-0.4, -0.2) is 28.5 Å². The maximum Gasteiger partial charge on any atom is 0.217 e. The molecule has 0 aromatic rings. The van der Waals surface area contributed by atoms with Crippen molar-refractivity contribution >= 4 is 5.91 Å². The topological polar surface area (TPSA) is 69.6 Å². The van der Waals surface area contributed by atoms with Crippen molar-refractivity contribution in [3.8, 4) is 0 Å². The van der Waals surface area contributed by atoms with Gasteiger partial charge in [-0.2, -0.15) is 0 Å². The third kappa shape index (κ3) is 3.93. The smallest absolute Gasteiger partial charge is 0.217 e. The molecule has 4 heteroatoms. The van der Waals surface area contributed by atoms with Crippen LogP contribution in [0.25, 0.3) is 0 Å². The summed E-state index contributed by atoms with van der Waals surface area (Å²) >= 11 is 0. The van der Waals surface area contributed by atoms with Gasteiger partial charge in [0, 0.05) is 6.92 Å². The minimum absolute atomic E-state index is 0.268. The third-order valence-electron chi connectivity index (χ3n) is 0.878. The Morgan fingerprint density at radius 1 is 1.56 bits per heavy atom. The predicted molar refractivity (Wildman–Crippen MR) is 31.5 cm³/mol. The minimum Gasteiger partial charge on any atom is -0.366 e. The van der Waals surface area contributed by atoms with Gasteiger partial charge in [0.15, 0.2) is 6.29 Å². The van der Waals surface area contributed by atoms with E-state index < -0.39 is 12.3 Å². The van der Waals surface area contributed by atoms with E-state index in [4.69, 9.17) is 10.2 Å². The molecule has 0 bridgehead atoms. The van der Waals surface area contributed by atoms with Gasteiger partial charge in [-0.15, -0.1) is 0 Å². The van der Waals surface area contributed by atoms with Crippen LogP contribution in [0.4, 0.5) is 0 Å². The molecule has 0 heterocycles. The Balaban J connectivity index is 3.50. The monoisotopic (exact) mass is 133 g/mol. The van der Waals surface area contributed by atoms with Crippen LogP contribution in [0, 0.1) is 0 Å². The summed E-state index contributed by atoms with van der Waals surface area (Å²) in [6.07, 6.45) is -1.48. The molecule has 0 fully saturated rings. The van der Waals surface area contributed by atoms with E-state index in [1.54, 1.807) is 0 Å². The van der Waals surface area contributed by atoms with E-state index in [0.29, 0.717) is 0 Å². The molecule has 9 heavy (non-hydrogen) atoms. The van der Waals surface area contributed by atoms with Gasteiger partial charge >= 0.3 is 0 Å². The lowest BCUT2D eigenvalue weighted by molar-refractivity contribution is -0.124. The summed E-state index contributed by atoms with van der Waals surface area (Å²) in [5.74, 6) is -0.268. The number of aliphatic hydroxyl groups is 2. The van der Waals surface area contributed by atoms with E-state index in [9.17, 15) is 4.79 Å². The van der Waals surface area contributed by atoms with Crippen molar-refractivity contribution in [2.75, 3.05) is 0 Å². The predicted octanol–water partition coefficient (Wildman–Crippen LogP) is -1.18. The van der Waals surface area contributed by atoms with Crippen molar-refractivity contribution in [3.63, 3.8) is 0 Å². The van der Waals surface area contributed by atoms with Crippen molar-refractivity contribution < 1.29 is 15.0 Å². The summed E-state index contributed by atoms with van der Waals surface area (Å²) in [6.45, 7) is 2.82. The first-order valence-electron chi connectivity index (χ1n) is 2.67. The number of hydrogen-bond donors (Lipinski definition) is 3. The summed E-state index contributed by atoms with van der Waals surface area (Å²) < 4.78 is 0. The highest BCUT2D eigenvalue weighted by Crippen LogP contribution is 1.85. The Morgan fingerprint density at radius 3 is 2.11 bits per heavy atom. The van der Waals surface area contributed by atoms with Crippen LogP contribution in [0.5, 0.6) is 0 Å². The van der Waals surface area contributed by atoms with Crippen LogP contribution >= 0.6 is 0 Å². The van der Waals surface area contributed by atoms with Gasteiger partial charge in [-0.1, -0.05) is 0 Å². The van der Waals surface area contributed by atoms with E-state index in [-0.39, 0.29) is 5.91 Å². The van der Waals surface area contributed by atoms with Crippen LogP contribution in [0.2, 0.25) is 0 Å². The Bertz CT molecular complexity index is 102. The average molecular weight is 133 g/mol. The molecule has 0 aliphatic carbocycles. The zero-order valence-corrected chi connectivity index (χ0v) is 5.46. The van der Waals surface area contributed by atoms with Gasteiger partial charge in [-0.3, -0.25) is 4.79 Å². The van der Waals surface area contributed by atoms with Gasteiger partial charge in [0.25, 0.3) is 0 Å². The lowest BCUT2D eigenvalue weighted by atomic mass is 10.3. The summed E-state index contributed by atoms with van der Waals surface area (Å²) in [6, 6.07) is -0.595. The largest absolute Gasteiger partial charge is 0.366 e. The van der Waals surface area contributed by atoms with Gasteiger partial charge in [-0.05, 0) is 6.92 Å². The van der Waals surface area contributed by atoms with Crippen molar-refractivity contribution in [1.29, 1.82) is 0 Å².